The molecule has 3 aromatic rings. The van der Waals surface area contributed by atoms with E-state index in [-0.39, 0.29) is 11.6 Å². The second-order valence-corrected chi connectivity index (χ2v) is 8.97. The molecule has 1 saturated heterocycles. The summed E-state index contributed by atoms with van der Waals surface area (Å²) >= 11 is 9.96. The molecule has 29 heavy (non-hydrogen) atoms. The fourth-order valence-electron chi connectivity index (χ4n) is 4.17. The molecule has 2 bridgehead atoms. The van der Waals surface area contributed by atoms with Crippen molar-refractivity contribution in [2.24, 2.45) is 0 Å². The molecule has 1 aliphatic carbocycles. The van der Waals surface area contributed by atoms with E-state index in [1.165, 1.54) is 0 Å². The van der Waals surface area contributed by atoms with Crippen LogP contribution in [0.2, 0.25) is 5.15 Å². The number of rotatable bonds is 1. The number of halogens is 2. The fraction of sp³-hybridized carbons (Fsp3) is 0.556. The maximum absolute atomic E-state index is 6.23. The van der Waals surface area contributed by atoms with Gasteiger partial charge in [-0.2, -0.15) is 10.1 Å². The second-order valence-electron chi connectivity index (χ2n) is 7.87. The van der Waals surface area contributed by atoms with Crippen LogP contribution in [-0.4, -0.2) is 48.3 Å². The Kier molecular flexibility index (Phi) is 4.04. The number of aromatic nitrogens is 6. The van der Waals surface area contributed by atoms with Crippen LogP contribution in [0, 0.1) is 0 Å². The SMILES string of the molecule is Clc1nn2c3nc(ncc13)Nc1c(nn([C@H]3CCOC4(CC4)C3)c1Br)OCCC2. The molecular weight excluding hydrogens is 462 g/mol. The summed E-state index contributed by atoms with van der Waals surface area (Å²) in [5.74, 6) is 1.00. The lowest BCUT2D eigenvalue weighted by Gasteiger charge is -2.30. The van der Waals surface area contributed by atoms with Gasteiger partial charge in [-0.25, -0.2) is 14.3 Å². The lowest BCUT2D eigenvalue weighted by Crippen LogP contribution is -2.29. The van der Waals surface area contributed by atoms with Gasteiger partial charge in [0.2, 0.25) is 5.95 Å². The highest BCUT2D eigenvalue weighted by atomic mass is 79.9. The third kappa shape index (κ3) is 3.00. The number of aryl methyl sites for hydroxylation is 1. The van der Waals surface area contributed by atoms with E-state index in [0.29, 0.717) is 35.8 Å². The van der Waals surface area contributed by atoms with E-state index in [4.69, 9.17) is 26.2 Å². The average molecular weight is 481 g/mol. The van der Waals surface area contributed by atoms with E-state index in [0.717, 1.165) is 54.4 Å². The Hall–Kier alpha value is -1.91. The summed E-state index contributed by atoms with van der Waals surface area (Å²) < 4.78 is 16.7. The molecule has 1 saturated carbocycles. The Balaban J connectivity index is 1.40. The monoisotopic (exact) mass is 479 g/mol. The summed E-state index contributed by atoms with van der Waals surface area (Å²) in [5, 5.41) is 13.6. The first kappa shape index (κ1) is 17.9. The van der Waals surface area contributed by atoms with Crippen LogP contribution >= 0.6 is 27.5 Å². The number of hydrogen-bond donors (Lipinski definition) is 1. The topological polar surface area (TPSA) is 91.9 Å². The molecule has 5 heterocycles. The molecular formula is C18H19BrClN7O2. The lowest BCUT2D eigenvalue weighted by atomic mass is 10.0. The first-order valence-electron chi connectivity index (χ1n) is 9.83. The Morgan fingerprint density at radius 2 is 2.17 bits per heavy atom. The maximum atomic E-state index is 6.23. The zero-order valence-electron chi connectivity index (χ0n) is 15.6. The summed E-state index contributed by atoms with van der Waals surface area (Å²) in [5.41, 5.74) is 1.51. The van der Waals surface area contributed by atoms with Crippen molar-refractivity contribution in [3.63, 3.8) is 0 Å². The van der Waals surface area contributed by atoms with Crippen LogP contribution in [0.1, 0.15) is 38.1 Å². The normalized spacial score (nSPS) is 22.8. The number of fused-ring (bicyclic) bond motifs is 2. The summed E-state index contributed by atoms with van der Waals surface area (Å²) in [6.45, 7) is 1.93. The van der Waals surface area contributed by atoms with E-state index in [9.17, 15) is 0 Å². The van der Waals surface area contributed by atoms with Gasteiger partial charge in [0.25, 0.3) is 5.88 Å². The number of nitrogens with one attached hydrogen (secondary N) is 1. The van der Waals surface area contributed by atoms with Crippen molar-refractivity contribution in [3.8, 4) is 5.88 Å². The van der Waals surface area contributed by atoms with Gasteiger partial charge < -0.3 is 14.8 Å². The molecule has 2 aliphatic heterocycles. The molecule has 152 valence electrons. The number of nitrogens with zero attached hydrogens (tertiary/aromatic N) is 6. The van der Waals surface area contributed by atoms with Crippen molar-refractivity contribution in [1.82, 2.24) is 29.5 Å². The average Bonchev–Trinajstić information content (AvgIpc) is 3.29. The van der Waals surface area contributed by atoms with Gasteiger partial charge >= 0.3 is 0 Å². The zero-order valence-corrected chi connectivity index (χ0v) is 17.9. The van der Waals surface area contributed by atoms with Gasteiger partial charge in [-0.1, -0.05) is 11.6 Å². The smallest absolute Gasteiger partial charge is 0.258 e. The second kappa shape index (κ2) is 6.55. The Morgan fingerprint density at radius 3 is 3.03 bits per heavy atom. The molecule has 11 heteroatoms. The Bertz CT molecular complexity index is 1110. The van der Waals surface area contributed by atoms with Gasteiger partial charge in [0, 0.05) is 25.8 Å². The highest BCUT2D eigenvalue weighted by Gasteiger charge is 2.48. The first-order chi connectivity index (χ1) is 14.1. The number of ether oxygens (including phenoxy) is 2. The highest BCUT2D eigenvalue weighted by molar-refractivity contribution is 9.10. The van der Waals surface area contributed by atoms with Crippen molar-refractivity contribution in [3.05, 3.63) is 16.0 Å². The van der Waals surface area contributed by atoms with Crippen molar-refractivity contribution in [2.45, 2.75) is 50.3 Å². The summed E-state index contributed by atoms with van der Waals surface area (Å²) in [7, 11) is 0. The van der Waals surface area contributed by atoms with Gasteiger partial charge in [0.15, 0.2) is 10.8 Å². The molecule has 0 amide bonds. The molecule has 6 rings (SSSR count). The van der Waals surface area contributed by atoms with Gasteiger partial charge in [-0.05, 0) is 41.6 Å². The van der Waals surface area contributed by atoms with E-state index in [2.05, 4.69) is 36.3 Å². The quantitative estimate of drug-likeness (QED) is 0.565. The van der Waals surface area contributed by atoms with Crippen molar-refractivity contribution >= 4 is 50.2 Å². The third-order valence-electron chi connectivity index (χ3n) is 5.87. The molecule has 3 aliphatic rings. The van der Waals surface area contributed by atoms with Crippen molar-refractivity contribution in [1.29, 1.82) is 0 Å². The molecule has 1 N–H and O–H groups in total. The molecule has 2 fully saturated rings. The van der Waals surface area contributed by atoms with Crippen LogP contribution in [0.3, 0.4) is 0 Å². The molecule has 0 unspecified atom stereocenters. The molecule has 0 aromatic carbocycles. The predicted octanol–water partition coefficient (Wildman–Crippen LogP) is 3.85. The summed E-state index contributed by atoms with van der Waals surface area (Å²) in [6.07, 6.45) is 6.65. The molecule has 1 spiro atoms. The lowest BCUT2D eigenvalue weighted by molar-refractivity contribution is -0.0274. The van der Waals surface area contributed by atoms with Crippen LogP contribution in [0.5, 0.6) is 5.88 Å². The zero-order chi connectivity index (χ0) is 19.6. The largest absolute Gasteiger partial charge is 0.475 e. The first-order valence-corrected chi connectivity index (χ1v) is 11.0. The highest BCUT2D eigenvalue weighted by Crippen LogP contribution is 2.50. The van der Waals surface area contributed by atoms with Crippen LogP contribution in [-0.2, 0) is 11.3 Å². The minimum Gasteiger partial charge on any atom is -0.475 e. The molecule has 3 aromatic heterocycles. The molecule has 9 nitrogen and oxygen atoms in total. The fourth-order valence-corrected chi connectivity index (χ4v) is 5.04. The molecule has 0 radical (unpaired) electrons. The van der Waals surface area contributed by atoms with E-state index in [1.54, 1.807) is 10.9 Å². The van der Waals surface area contributed by atoms with Gasteiger partial charge in [-0.15, -0.1) is 5.10 Å². The number of hydrogen-bond acceptors (Lipinski definition) is 7. The summed E-state index contributed by atoms with van der Waals surface area (Å²) in [4.78, 5) is 9.04. The number of anilines is 2. The van der Waals surface area contributed by atoms with Gasteiger partial charge in [0.1, 0.15) is 10.3 Å². The Morgan fingerprint density at radius 1 is 1.28 bits per heavy atom. The van der Waals surface area contributed by atoms with Crippen molar-refractivity contribution in [2.75, 3.05) is 18.5 Å². The minimum atomic E-state index is 0.0651. The van der Waals surface area contributed by atoms with Gasteiger partial charge in [0.05, 0.1) is 23.6 Å². The van der Waals surface area contributed by atoms with E-state index < -0.39 is 0 Å². The van der Waals surface area contributed by atoms with Crippen LogP contribution in [0.15, 0.2) is 10.8 Å². The van der Waals surface area contributed by atoms with Crippen LogP contribution in [0.25, 0.3) is 11.0 Å². The van der Waals surface area contributed by atoms with Crippen LogP contribution < -0.4 is 10.1 Å². The summed E-state index contributed by atoms with van der Waals surface area (Å²) in [6, 6.07) is 0.273. The van der Waals surface area contributed by atoms with Crippen LogP contribution in [0.4, 0.5) is 11.6 Å². The minimum absolute atomic E-state index is 0.0651. The third-order valence-corrected chi connectivity index (χ3v) is 6.91. The van der Waals surface area contributed by atoms with Gasteiger partial charge in [-0.3, -0.25) is 0 Å². The Labute approximate surface area is 179 Å². The van der Waals surface area contributed by atoms with E-state index >= 15 is 0 Å². The standard InChI is InChI=1S/C18H19BrClN7O2/c19-13-12-16(25-27(13)10-2-7-29-18(8-10)3-4-18)28-6-1-5-26-15-11(14(20)24-26)9-21-17(22-12)23-15/h9-10H,1-8H2,(H,21,22,23)/t10-/m0/s1. The maximum Gasteiger partial charge on any atom is 0.258 e. The molecule has 1 atom stereocenters. The predicted molar refractivity (Wildman–Crippen MR) is 110 cm³/mol. The van der Waals surface area contributed by atoms with Crippen molar-refractivity contribution < 1.29 is 9.47 Å². The van der Waals surface area contributed by atoms with E-state index in [1.807, 2.05) is 4.68 Å².